The Bertz CT molecular complexity index is 949. The fraction of sp³-hybridized carbons (Fsp3) is 0.0625. The third-order valence-corrected chi connectivity index (χ3v) is 3.38. The number of hydrogen-bond acceptors (Lipinski definition) is 5. The van der Waals surface area contributed by atoms with E-state index in [1.807, 2.05) is 0 Å². The second-order valence-corrected chi connectivity index (χ2v) is 4.86. The minimum absolute atomic E-state index is 0.0324. The Labute approximate surface area is 128 Å². The third-order valence-electron chi connectivity index (χ3n) is 3.38. The molecule has 7 heteroatoms. The number of carboxylic acid groups (broad SMARTS) is 1. The van der Waals surface area contributed by atoms with Crippen molar-refractivity contribution in [3.05, 3.63) is 75.5 Å². The molecule has 1 atom stereocenters. The normalized spacial score (nSPS) is 12.3. The largest absolute Gasteiger partial charge is 0.477 e. The van der Waals surface area contributed by atoms with Crippen molar-refractivity contribution in [2.24, 2.45) is 0 Å². The maximum absolute atomic E-state index is 12.9. The third kappa shape index (κ3) is 2.69. The van der Waals surface area contributed by atoms with Gasteiger partial charge in [-0.15, -0.1) is 0 Å². The van der Waals surface area contributed by atoms with Crippen molar-refractivity contribution in [2.75, 3.05) is 0 Å². The molecule has 1 aromatic carbocycles. The van der Waals surface area contributed by atoms with Gasteiger partial charge in [0.15, 0.2) is 0 Å². The summed E-state index contributed by atoms with van der Waals surface area (Å²) in [5, 5.41) is 19.2. The average molecular weight is 315 g/mol. The first-order valence-corrected chi connectivity index (χ1v) is 6.55. The number of aliphatic hydroxyl groups excluding tert-OH is 1. The van der Waals surface area contributed by atoms with Crippen LogP contribution in [0.15, 0.2) is 52.0 Å². The highest BCUT2D eigenvalue weighted by atomic mass is 19.1. The van der Waals surface area contributed by atoms with Crippen LogP contribution in [0.25, 0.3) is 11.1 Å². The van der Waals surface area contributed by atoms with Crippen molar-refractivity contribution in [1.29, 1.82) is 0 Å². The molecule has 0 radical (unpaired) electrons. The summed E-state index contributed by atoms with van der Waals surface area (Å²) in [7, 11) is 0. The summed E-state index contributed by atoms with van der Waals surface area (Å²) in [4.78, 5) is 27.0. The predicted molar refractivity (Wildman–Crippen MR) is 77.7 cm³/mol. The number of aromatic nitrogens is 1. The van der Waals surface area contributed by atoms with Gasteiger partial charge >= 0.3 is 5.97 Å². The molecule has 116 valence electrons. The van der Waals surface area contributed by atoms with Crippen molar-refractivity contribution in [3.8, 4) is 0 Å². The monoisotopic (exact) mass is 315 g/mol. The lowest BCUT2D eigenvalue weighted by molar-refractivity contribution is 0.0693. The smallest absolute Gasteiger partial charge is 0.342 e. The molecular weight excluding hydrogens is 305 g/mol. The SMILES string of the molecule is O=C(O)c1coc2ncc(C(O)c3ccc(F)cc3)cc2c1=O. The van der Waals surface area contributed by atoms with E-state index in [9.17, 15) is 19.1 Å². The van der Waals surface area contributed by atoms with Gasteiger partial charge in [-0.2, -0.15) is 0 Å². The minimum Gasteiger partial charge on any atom is -0.477 e. The summed E-state index contributed by atoms with van der Waals surface area (Å²) in [6, 6.07) is 6.52. The lowest BCUT2D eigenvalue weighted by atomic mass is 10.0. The van der Waals surface area contributed by atoms with Crippen LogP contribution in [0.5, 0.6) is 0 Å². The Balaban J connectivity index is 2.12. The van der Waals surface area contributed by atoms with Gasteiger partial charge in [0, 0.05) is 11.8 Å². The number of rotatable bonds is 3. The van der Waals surface area contributed by atoms with Crippen LogP contribution >= 0.6 is 0 Å². The number of pyridine rings is 1. The van der Waals surface area contributed by atoms with Gasteiger partial charge in [-0.05, 0) is 23.8 Å². The molecule has 23 heavy (non-hydrogen) atoms. The van der Waals surface area contributed by atoms with Gasteiger partial charge in [-0.25, -0.2) is 14.2 Å². The molecule has 6 nitrogen and oxygen atoms in total. The van der Waals surface area contributed by atoms with Crippen LogP contribution in [-0.2, 0) is 0 Å². The number of aromatic carboxylic acids is 1. The Morgan fingerprint density at radius 3 is 2.57 bits per heavy atom. The van der Waals surface area contributed by atoms with E-state index in [1.54, 1.807) is 0 Å². The van der Waals surface area contributed by atoms with E-state index in [0.717, 1.165) is 6.26 Å². The van der Waals surface area contributed by atoms with Gasteiger partial charge in [0.05, 0.1) is 5.39 Å². The first-order valence-electron chi connectivity index (χ1n) is 6.55. The molecule has 0 saturated carbocycles. The molecule has 2 heterocycles. The summed E-state index contributed by atoms with van der Waals surface area (Å²) in [5.74, 6) is -1.85. The standard InChI is InChI=1S/C16H10FNO5/c17-10-3-1-8(2-4-10)13(19)9-5-11-14(20)12(16(21)22)7-23-15(11)18-6-9/h1-7,13,19H,(H,21,22). The zero-order chi connectivity index (χ0) is 16.6. The Kier molecular flexibility index (Phi) is 3.63. The van der Waals surface area contributed by atoms with Crippen molar-refractivity contribution in [2.45, 2.75) is 6.10 Å². The van der Waals surface area contributed by atoms with Gasteiger partial charge in [0.25, 0.3) is 0 Å². The number of benzene rings is 1. The Hall–Kier alpha value is -3.06. The Morgan fingerprint density at radius 1 is 1.22 bits per heavy atom. The van der Waals surface area contributed by atoms with E-state index in [-0.39, 0.29) is 16.7 Å². The van der Waals surface area contributed by atoms with E-state index in [4.69, 9.17) is 9.52 Å². The van der Waals surface area contributed by atoms with Gasteiger partial charge in [-0.1, -0.05) is 12.1 Å². The maximum Gasteiger partial charge on any atom is 0.342 e. The van der Waals surface area contributed by atoms with Crippen molar-refractivity contribution in [1.82, 2.24) is 4.98 Å². The highest BCUT2D eigenvalue weighted by Crippen LogP contribution is 2.23. The average Bonchev–Trinajstić information content (AvgIpc) is 2.55. The Morgan fingerprint density at radius 2 is 1.91 bits per heavy atom. The van der Waals surface area contributed by atoms with Crippen LogP contribution in [-0.4, -0.2) is 21.2 Å². The summed E-state index contributed by atoms with van der Waals surface area (Å²) < 4.78 is 17.9. The number of halogens is 1. The quantitative estimate of drug-likeness (QED) is 0.767. The number of hydrogen-bond donors (Lipinski definition) is 2. The van der Waals surface area contributed by atoms with Crippen molar-refractivity contribution >= 4 is 17.1 Å². The van der Waals surface area contributed by atoms with Gasteiger partial charge < -0.3 is 14.6 Å². The van der Waals surface area contributed by atoms with Gasteiger partial charge in [-0.3, -0.25) is 4.79 Å². The first-order chi connectivity index (χ1) is 11.0. The molecule has 2 N–H and O–H groups in total. The lowest BCUT2D eigenvalue weighted by Gasteiger charge is -2.11. The molecule has 0 spiro atoms. The van der Waals surface area contributed by atoms with Crippen LogP contribution in [0.2, 0.25) is 0 Å². The molecule has 1 unspecified atom stereocenters. The van der Waals surface area contributed by atoms with Crippen LogP contribution in [0, 0.1) is 5.82 Å². The van der Waals surface area contributed by atoms with Crippen LogP contribution in [0.1, 0.15) is 27.6 Å². The van der Waals surface area contributed by atoms with Gasteiger partial charge in [0.2, 0.25) is 11.1 Å². The molecule has 0 fully saturated rings. The first kappa shape index (κ1) is 14.9. The lowest BCUT2D eigenvalue weighted by Crippen LogP contribution is -2.15. The molecular formula is C16H10FNO5. The molecule has 3 rings (SSSR count). The van der Waals surface area contributed by atoms with Crippen LogP contribution in [0.4, 0.5) is 4.39 Å². The highest BCUT2D eigenvalue weighted by molar-refractivity contribution is 5.90. The molecule has 0 amide bonds. The summed E-state index contributed by atoms with van der Waals surface area (Å²) in [6.45, 7) is 0. The van der Waals surface area contributed by atoms with E-state index < -0.39 is 28.9 Å². The van der Waals surface area contributed by atoms with Crippen molar-refractivity contribution in [3.63, 3.8) is 0 Å². The molecule has 2 aromatic heterocycles. The molecule has 0 aliphatic carbocycles. The summed E-state index contributed by atoms with van der Waals surface area (Å²) >= 11 is 0. The fourth-order valence-corrected chi connectivity index (χ4v) is 2.17. The fourth-order valence-electron chi connectivity index (χ4n) is 2.17. The number of fused-ring (bicyclic) bond motifs is 1. The molecule has 0 aliphatic rings. The van der Waals surface area contributed by atoms with E-state index in [1.165, 1.54) is 36.5 Å². The van der Waals surface area contributed by atoms with Crippen molar-refractivity contribution < 1.29 is 23.8 Å². The zero-order valence-corrected chi connectivity index (χ0v) is 11.6. The second-order valence-electron chi connectivity index (χ2n) is 4.86. The van der Waals surface area contributed by atoms with E-state index >= 15 is 0 Å². The van der Waals surface area contributed by atoms with Crippen LogP contribution in [0.3, 0.4) is 0 Å². The molecule has 3 aromatic rings. The minimum atomic E-state index is -1.41. The molecule has 0 bridgehead atoms. The molecule has 0 saturated heterocycles. The predicted octanol–water partition coefficient (Wildman–Crippen LogP) is 2.11. The van der Waals surface area contributed by atoms with Crippen LogP contribution < -0.4 is 5.43 Å². The zero-order valence-electron chi connectivity index (χ0n) is 11.6. The summed E-state index contributed by atoms with van der Waals surface area (Å²) in [6.07, 6.45) is 0.996. The molecule has 0 aliphatic heterocycles. The highest BCUT2D eigenvalue weighted by Gasteiger charge is 2.17. The number of aliphatic hydroxyl groups is 1. The van der Waals surface area contributed by atoms with Gasteiger partial charge in [0.1, 0.15) is 23.7 Å². The number of carbonyl (C=O) groups is 1. The van der Waals surface area contributed by atoms with E-state index in [2.05, 4.69) is 4.98 Å². The second kappa shape index (κ2) is 5.62. The topological polar surface area (TPSA) is 101 Å². The number of carboxylic acids is 1. The maximum atomic E-state index is 12.9. The number of nitrogens with zero attached hydrogens (tertiary/aromatic N) is 1. The summed E-state index contributed by atoms with van der Waals surface area (Å²) in [5.41, 5.74) is -0.632. The van der Waals surface area contributed by atoms with E-state index in [0.29, 0.717) is 5.56 Å².